The fourth-order valence-corrected chi connectivity index (χ4v) is 2.49. The molecule has 0 radical (unpaired) electrons. The summed E-state index contributed by atoms with van der Waals surface area (Å²) in [5.41, 5.74) is 0. The first-order chi connectivity index (χ1) is 6.27. The van der Waals surface area contributed by atoms with Crippen molar-refractivity contribution in [2.45, 2.75) is 18.9 Å². The van der Waals surface area contributed by atoms with E-state index >= 15 is 0 Å². The Morgan fingerprint density at radius 3 is 3.08 bits per heavy atom. The van der Waals surface area contributed by atoms with Gasteiger partial charge in [0, 0.05) is 24.3 Å². The van der Waals surface area contributed by atoms with Gasteiger partial charge in [0.1, 0.15) is 0 Å². The van der Waals surface area contributed by atoms with Crippen molar-refractivity contribution in [1.82, 2.24) is 4.90 Å². The molecule has 70 valence electrons. The van der Waals surface area contributed by atoms with Gasteiger partial charge in [-0.05, 0) is 18.5 Å². The number of likely N-dealkylation sites (tertiary alicyclic amines) is 1. The van der Waals surface area contributed by atoms with Crippen LogP contribution in [0.15, 0.2) is 17.5 Å². The molecule has 1 unspecified atom stereocenters. The van der Waals surface area contributed by atoms with Crippen LogP contribution in [0.2, 0.25) is 0 Å². The molecule has 1 fully saturated rings. The summed E-state index contributed by atoms with van der Waals surface area (Å²) < 4.78 is 0. The Morgan fingerprint density at radius 1 is 1.69 bits per heavy atom. The smallest absolute Gasteiger partial charge is 0.151 e. The molecule has 3 heteroatoms. The number of carbonyl (C=O) groups excluding carboxylic acids is 1. The Bertz CT molecular complexity index is 294. The highest BCUT2D eigenvalue weighted by atomic mass is 32.1. The summed E-state index contributed by atoms with van der Waals surface area (Å²) in [5.74, 6) is 0.399. The molecule has 1 atom stereocenters. The van der Waals surface area contributed by atoms with Gasteiger partial charge in [-0.1, -0.05) is 6.07 Å². The third kappa shape index (κ3) is 1.81. The Labute approximate surface area is 82.2 Å². The highest BCUT2D eigenvalue weighted by molar-refractivity contribution is 7.09. The van der Waals surface area contributed by atoms with Crippen LogP contribution < -0.4 is 0 Å². The second-order valence-electron chi connectivity index (χ2n) is 3.50. The van der Waals surface area contributed by atoms with Crippen LogP contribution in [0.5, 0.6) is 0 Å². The summed E-state index contributed by atoms with van der Waals surface area (Å²) in [6.07, 6.45) is 1.62. The topological polar surface area (TPSA) is 20.3 Å². The first-order valence-corrected chi connectivity index (χ1v) is 5.40. The van der Waals surface area contributed by atoms with Crippen molar-refractivity contribution in [3.05, 3.63) is 22.4 Å². The van der Waals surface area contributed by atoms with E-state index in [4.69, 9.17) is 0 Å². The molecule has 0 aliphatic carbocycles. The number of likely N-dealkylation sites (N-methyl/N-ethyl adjacent to an activating group) is 1. The number of thiophene rings is 1. The van der Waals surface area contributed by atoms with Crippen LogP contribution in [0, 0.1) is 0 Å². The number of nitrogens with zero attached hydrogens (tertiary/aromatic N) is 1. The van der Waals surface area contributed by atoms with Crippen molar-refractivity contribution in [3.63, 3.8) is 0 Å². The van der Waals surface area contributed by atoms with E-state index in [2.05, 4.69) is 16.3 Å². The minimum Gasteiger partial charge on any atom is -0.298 e. The second kappa shape index (κ2) is 3.60. The second-order valence-corrected chi connectivity index (χ2v) is 4.53. The molecule has 1 aromatic heterocycles. The average Bonchev–Trinajstić information content (AvgIpc) is 2.70. The van der Waals surface area contributed by atoms with Crippen molar-refractivity contribution in [2.24, 2.45) is 0 Å². The van der Waals surface area contributed by atoms with E-state index in [9.17, 15) is 4.79 Å². The summed E-state index contributed by atoms with van der Waals surface area (Å²) in [7, 11) is 2.03. The quantitative estimate of drug-likeness (QED) is 0.714. The number of Topliss-reactive ketones (excluding diaryl/α,β-unsaturated/α-hetero) is 1. The third-order valence-corrected chi connectivity index (χ3v) is 3.49. The Kier molecular flexibility index (Phi) is 2.47. The SMILES string of the molecule is CN1CCC(=O)C1Cc1cccs1. The highest BCUT2D eigenvalue weighted by Crippen LogP contribution is 2.19. The zero-order valence-electron chi connectivity index (χ0n) is 7.69. The van der Waals surface area contributed by atoms with E-state index in [1.165, 1.54) is 4.88 Å². The van der Waals surface area contributed by atoms with Gasteiger partial charge in [0.05, 0.1) is 6.04 Å². The maximum atomic E-state index is 11.5. The molecule has 1 aliphatic heterocycles. The van der Waals surface area contributed by atoms with Crippen LogP contribution in [0.1, 0.15) is 11.3 Å². The zero-order valence-corrected chi connectivity index (χ0v) is 8.51. The molecule has 0 saturated carbocycles. The van der Waals surface area contributed by atoms with Crippen molar-refractivity contribution >= 4 is 17.1 Å². The molecular weight excluding hydrogens is 182 g/mol. The molecule has 2 nitrogen and oxygen atoms in total. The highest BCUT2D eigenvalue weighted by Gasteiger charge is 2.29. The van der Waals surface area contributed by atoms with Crippen LogP contribution in [-0.4, -0.2) is 30.3 Å². The molecule has 1 aliphatic rings. The first-order valence-electron chi connectivity index (χ1n) is 4.52. The van der Waals surface area contributed by atoms with E-state index in [0.717, 1.165) is 19.4 Å². The minimum atomic E-state index is 0.138. The molecule has 13 heavy (non-hydrogen) atoms. The number of carbonyl (C=O) groups is 1. The maximum absolute atomic E-state index is 11.5. The van der Waals surface area contributed by atoms with Gasteiger partial charge < -0.3 is 0 Å². The van der Waals surface area contributed by atoms with E-state index in [0.29, 0.717) is 5.78 Å². The molecule has 0 spiro atoms. The summed E-state index contributed by atoms with van der Waals surface area (Å²) >= 11 is 1.73. The van der Waals surface area contributed by atoms with Gasteiger partial charge >= 0.3 is 0 Å². The molecule has 0 aromatic carbocycles. The number of hydrogen-bond donors (Lipinski definition) is 0. The molecule has 1 saturated heterocycles. The standard InChI is InChI=1S/C10H13NOS/c1-11-5-4-10(12)9(11)7-8-3-2-6-13-8/h2-3,6,9H,4-5,7H2,1H3. The predicted molar refractivity (Wildman–Crippen MR) is 54.1 cm³/mol. The van der Waals surface area contributed by atoms with Crippen molar-refractivity contribution in [2.75, 3.05) is 13.6 Å². The van der Waals surface area contributed by atoms with Crippen molar-refractivity contribution in [1.29, 1.82) is 0 Å². The van der Waals surface area contributed by atoms with E-state index in [1.54, 1.807) is 11.3 Å². The molecule has 0 bridgehead atoms. The molecular formula is C10H13NOS. The zero-order chi connectivity index (χ0) is 9.26. The molecule has 2 heterocycles. The Balaban J connectivity index is 2.05. The summed E-state index contributed by atoms with van der Waals surface area (Å²) in [6.45, 7) is 0.925. The summed E-state index contributed by atoms with van der Waals surface area (Å²) in [4.78, 5) is 14.9. The molecule has 2 rings (SSSR count). The van der Waals surface area contributed by atoms with E-state index < -0.39 is 0 Å². The third-order valence-electron chi connectivity index (χ3n) is 2.59. The van der Waals surface area contributed by atoms with Gasteiger partial charge in [-0.2, -0.15) is 0 Å². The maximum Gasteiger partial charge on any atom is 0.151 e. The lowest BCUT2D eigenvalue weighted by Crippen LogP contribution is -2.31. The fraction of sp³-hybridized carbons (Fsp3) is 0.500. The number of rotatable bonds is 2. The molecule has 1 aromatic rings. The predicted octanol–water partition coefficient (Wildman–Crippen LogP) is 1.56. The lowest BCUT2D eigenvalue weighted by Gasteiger charge is -2.16. The van der Waals surface area contributed by atoms with E-state index in [1.807, 2.05) is 13.1 Å². The van der Waals surface area contributed by atoms with Crippen LogP contribution >= 0.6 is 11.3 Å². The van der Waals surface area contributed by atoms with Gasteiger partial charge in [0.2, 0.25) is 0 Å². The lowest BCUT2D eigenvalue weighted by molar-refractivity contribution is -0.119. The number of ketones is 1. The number of hydrogen-bond acceptors (Lipinski definition) is 3. The van der Waals surface area contributed by atoms with Gasteiger partial charge in [0.15, 0.2) is 5.78 Å². The Morgan fingerprint density at radius 2 is 2.54 bits per heavy atom. The normalized spacial score (nSPS) is 24.1. The monoisotopic (exact) mass is 195 g/mol. The lowest BCUT2D eigenvalue weighted by atomic mass is 10.1. The molecule has 0 N–H and O–H groups in total. The summed E-state index contributed by atoms with van der Waals surface area (Å²) in [5, 5.41) is 2.06. The summed E-state index contributed by atoms with van der Waals surface area (Å²) in [6, 6.07) is 4.28. The van der Waals surface area contributed by atoms with Gasteiger partial charge in [-0.3, -0.25) is 9.69 Å². The van der Waals surface area contributed by atoms with Gasteiger partial charge in [-0.15, -0.1) is 11.3 Å². The van der Waals surface area contributed by atoms with Crippen molar-refractivity contribution < 1.29 is 4.79 Å². The largest absolute Gasteiger partial charge is 0.298 e. The van der Waals surface area contributed by atoms with Crippen LogP contribution in [0.3, 0.4) is 0 Å². The Hall–Kier alpha value is -0.670. The first kappa shape index (κ1) is 8.91. The van der Waals surface area contributed by atoms with Gasteiger partial charge in [-0.25, -0.2) is 0 Å². The fourth-order valence-electron chi connectivity index (χ4n) is 1.74. The van der Waals surface area contributed by atoms with Crippen molar-refractivity contribution in [3.8, 4) is 0 Å². The molecule has 0 amide bonds. The van der Waals surface area contributed by atoms with Gasteiger partial charge in [0.25, 0.3) is 0 Å². The average molecular weight is 195 g/mol. The van der Waals surface area contributed by atoms with Crippen LogP contribution in [0.25, 0.3) is 0 Å². The minimum absolute atomic E-state index is 0.138. The van der Waals surface area contributed by atoms with Crippen LogP contribution in [0.4, 0.5) is 0 Å². The van der Waals surface area contributed by atoms with E-state index in [-0.39, 0.29) is 6.04 Å². The van der Waals surface area contributed by atoms with Crippen LogP contribution in [-0.2, 0) is 11.2 Å².